The van der Waals surface area contributed by atoms with E-state index in [0.29, 0.717) is 0 Å². The first-order valence-electron chi connectivity index (χ1n) is 5.73. The van der Waals surface area contributed by atoms with Gasteiger partial charge in [0.1, 0.15) is 0 Å². The van der Waals surface area contributed by atoms with Crippen molar-refractivity contribution in [1.29, 1.82) is 5.26 Å². The van der Waals surface area contributed by atoms with Gasteiger partial charge in [0.2, 0.25) is 0 Å². The molecule has 0 heterocycles. The van der Waals surface area contributed by atoms with Gasteiger partial charge in [-0.2, -0.15) is 5.26 Å². The Morgan fingerprint density at radius 2 is 1.47 bits per heavy atom. The lowest BCUT2D eigenvalue weighted by molar-refractivity contribution is 1.19. The number of hydrogen-bond acceptors (Lipinski definition) is 1. The Morgan fingerprint density at radius 3 is 1.80 bits per heavy atom. The summed E-state index contributed by atoms with van der Waals surface area (Å²) in [4.78, 5) is 0. The molecule has 0 saturated heterocycles. The molecule has 1 aromatic rings. The third kappa shape index (κ3) is 2.30. The summed E-state index contributed by atoms with van der Waals surface area (Å²) < 4.78 is 0. The average molecular weight is 217 g/mol. The van der Waals surface area contributed by atoms with Crippen molar-refractivity contribution in [2.45, 2.75) is 38.9 Å². The fourth-order valence-corrected chi connectivity index (χ4v) is 5.86. The summed E-state index contributed by atoms with van der Waals surface area (Å²) >= 11 is 0. The molecule has 0 amide bonds. The van der Waals surface area contributed by atoms with Gasteiger partial charge >= 0.3 is 0 Å². The van der Waals surface area contributed by atoms with Crippen LogP contribution in [0.15, 0.2) is 24.3 Å². The average Bonchev–Trinajstić information content (AvgIpc) is 2.33. The van der Waals surface area contributed by atoms with Crippen LogP contribution in [0.1, 0.15) is 26.3 Å². The molecule has 1 nitrogen and oxygen atoms in total. The van der Waals surface area contributed by atoms with E-state index in [4.69, 9.17) is 5.26 Å². The van der Waals surface area contributed by atoms with Crippen molar-refractivity contribution in [3.05, 3.63) is 29.8 Å². The van der Waals surface area contributed by atoms with Crippen LogP contribution in [0.4, 0.5) is 0 Å². The lowest BCUT2D eigenvalue weighted by Crippen LogP contribution is -2.45. The van der Waals surface area contributed by atoms with Crippen LogP contribution in [-0.4, -0.2) is 8.07 Å². The molecule has 0 aliphatic heterocycles. The Hall–Kier alpha value is -1.07. The third-order valence-corrected chi connectivity index (χ3v) is 9.28. The molecular formula is C13H19NSi. The van der Waals surface area contributed by atoms with Crippen LogP contribution in [0.25, 0.3) is 0 Å². The molecule has 0 aliphatic rings. The van der Waals surface area contributed by atoms with E-state index in [1.807, 2.05) is 12.1 Å². The van der Waals surface area contributed by atoms with E-state index in [-0.39, 0.29) is 0 Å². The van der Waals surface area contributed by atoms with Gasteiger partial charge in [-0.15, -0.1) is 0 Å². The highest BCUT2D eigenvalue weighted by Crippen LogP contribution is 2.20. The highest BCUT2D eigenvalue weighted by molar-refractivity contribution is 6.91. The number of nitriles is 1. The Balaban J connectivity index is 3.08. The first-order chi connectivity index (χ1) is 7.22. The highest BCUT2D eigenvalue weighted by Gasteiger charge is 2.28. The normalized spacial score (nSPS) is 11.1. The monoisotopic (exact) mass is 217 g/mol. The van der Waals surface area contributed by atoms with Crippen molar-refractivity contribution >= 4 is 13.3 Å². The summed E-state index contributed by atoms with van der Waals surface area (Å²) in [7, 11) is -1.24. The van der Waals surface area contributed by atoms with Gasteiger partial charge in [-0.05, 0) is 12.1 Å². The number of nitrogens with zero attached hydrogens (tertiary/aromatic N) is 1. The van der Waals surface area contributed by atoms with Crippen LogP contribution in [0.3, 0.4) is 0 Å². The van der Waals surface area contributed by atoms with Crippen molar-refractivity contribution in [3.8, 4) is 6.07 Å². The molecular weight excluding hydrogens is 198 g/mol. The van der Waals surface area contributed by atoms with Crippen LogP contribution in [0.2, 0.25) is 18.1 Å². The first-order valence-corrected chi connectivity index (χ1v) is 8.35. The highest BCUT2D eigenvalue weighted by atomic mass is 28.3. The van der Waals surface area contributed by atoms with Gasteiger partial charge in [-0.1, -0.05) is 56.2 Å². The predicted molar refractivity (Wildman–Crippen MR) is 68.0 cm³/mol. The molecule has 0 fully saturated rings. The SMILES string of the molecule is CC[Si](CC)(CC)c1ccc(C#N)cc1. The zero-order valence-electron chi connectivity index (χ0n) is 9.88. The maximum absolute atomic E-state index is 8.76. The minimum atomic E-state index is -1.24. The van der Waals surface area contributed by atoms with E-state index in [2.05, 4.69) is 39.0 Å². The van der Waals surface area contributed by atoms with E-state index in [1.54, 1.807) is 0 Å². The Bertz CT molecular complexity index is 336. The van der Waals surface area contributed by atoms with E-state index < -0.39 is 8.07 Å². The molecule has 2 heteroatoms. The molecule has 0 radical (unpaired) electrons. The summed E-state index contributed by atoms with van der Waals surface area (Å²) in [5, 5.41) is 10.3. The van der Waals surface area contributed by atoms with Crippen LogP contribution in [0, 0.1) is 11.3 Å². The van der Waals surface area contributed by atoms with Gasteiger partial charge in [0.25, 0.3) is 0 Å². The molecule has 0 spiro atoms. The molecule has 15 heavy (non-hydrogen) atoms. The molecule has 80 valence electrons. The topological polar surface area (TPSA) is 23.8 Å². The Labute approximate surface area is 93.8 Å². The third-order valence-electron chi connectivity index (χ3n) is 3.66. The van der Waals surface area contributed by atoms with Crippen molar-refractivity contribution in [1.82, 2.24) is 0 Å². The van der Waals surface area contributed by atoms with E-state index >= 15 is 0 Å². The molecule has 0 aromatic heterocycles. The minimum absolute atomic E-state index is 0.768. The van der Waals surface area contributed by atoms with Crippen molar-refractivity contribution in [2.24, 2.45) is 0 Å². The zero-order chi connectivity index (χ0) is 11.3. The number of rotatable bonds is 4. The summed E-state index contributed by atoms with van der Waals surface area (Å²) in [6.07, 6.45) is 0. The first kappa shape index (κ1) is 12.0. The van der Waals surface area contributed by atoms with Crippen LogP contribution in [-0.2, 0) is 0 Å². The Kier molecular flexibility index (Phi) is 4.11. The molecule has 0 atom stereocenters. The molecule has 0 unspecified atom stereocenters. The van der Waals surface area contributed by atoms with Gasteiger partial charge in [-0.3, -0.25) is 0 Å². The smallest absolute Gasteiger partial charge is 0.0991 e. The Morgan fingerprint density at radius 1 is 1.00 bits per heavy atom. The van der Waals surface area contributed by atoms with Crippen molar-refractivity contribution in [3.63, 3.8) is 0 Å². The molecule has 0 aliphatic carbocycles. The van der Waals surface area contributed by atoms with E-state index in [1.165, 1.54) is 23.3 Å². The van der Waals surface area contributed by atoms with Gasteiger partial charge < -0.3 is 0 Å². The fraction of sp³-hybridized carbons (Fsp3) is 0.462. The molecule has 1 rings (SSSR count). The van der Waals surface area contributed by atoms with Crippen molar-refractivity contribution in [2.75, 3.05) is 0 Å². The quantitative estimate of drug-likeness (QED) is 0.710. The van der Waals surface area contributed by atoms with Gasteiger partial charge in [0.05, 0.1) is 19.7 Å². The largest absolute Gasteiger partial charge is 0.192 e. The molecule has 1 aromatic carbocycles. The number of hydrogen-bond donors (Lipinski definition) is 0. The summed E-state index contributed by atoms with van der Waals surface area (Å²) in [6.45, 7) is 6.91. The minimum Gasteiger partial charge on any atom is -0.192 e. The second kappa shape index (κ2) is 5.13. The predicted octanol–water partition coefficient (Wildman–Crippen LogP) is 3.27. The number of benzene rings is 1. The maximum atomic E-state index is 8.76. The van der Waals surface area contributed by atoms with Crippen LogP contribution in [0.5, 0.6) is 0 Å². The molecule has 0 bridgehead atoms. The van der Waals surface area contributed by atoms with Gasteiger partial charge in [0.15, 0.2) is 0 Å². The summed E-state index contributed by atoms with van der Waals surface area (Å²) in [6, 6.07) is 14.3. The van der Waals surface area contributed by atoms with Gasteiger partial charge in [0, 0.05) is 0 Å². The van der Waals surface area contributed by atoms with E-state index in [0.717, 1.165) is 5.56 Å². The lowest BCUT2D eigenvalue weighted by Gasteiger charge is -2.28. The molecule has 0 saturated carbocycles. The molecule has 0 N–H and O–H groups in total. The second-order valence-corrected chi connectivity index (χ2v) is 9.29. The maximum Gasteiger partial charge on any atom is 0.0991 e. The van der Waals surface area contributed by atoms with E-state index in [9.17, 15) is 0 Å². The zero-order valence-corrected chi connectivity index (χ0v) is 10.9. The second-order valence-electron chi connectivity index (χ2n) is 4.03. The standard InChI is InChI=1S/C13H19NSi/c1-4-15(5-2,6-3)13-9-7-12(11-14)8-10-13/h7-10H,4-6H2,1-3H3. The van der Waals surface area contributed by atoms with Gasteiger partial charge in [-0.25, -0.2) is 0 Å². The van der Waals surface area contributed by atoms with Crippen molar-refractivity contribution < 1.29 is 0 Å². The fourth-order valence-electron chi connectivity index (χ4n) is 2.26. The summed E-state index contributed by atoms with van der Waals surface area (Å²) in [5.74, 6) is 0. The lowest BCUT2D eigenvalue weighted by atomic mass is 10.2. The van der Waals surface area contributed by atoms with Crippen LogP contribution < -0.4 is 5.19 Å². The van der Waals surface area contributed by atoms with Crippen LogP contribution >= 0.6 is 0 Å². The summed E-state index contributed by atoms with van der Waals surface area (Å²) in [5.41, 5.74) is 0.768.